The predicted octanol–water partition coefficient (Wildman–Crippen LogP) is 3.44. The topological polar surface area (TPSA) is 92.7 Å². The monoisotopic (exact) mass is 397 g/mol. The van der Waals surface area contributed by atoms with Gasteiger partial charge in [0.15, 0.2) is 0 Å². The maximum Gasteiger partial charge on any atom is 0.306 e. The Hall–Kier alpha value is -3.15. The van der Waals surface area contributed by atoms with Crippen LogP contribution >= 0.6 is 0 Å². The molecule has 0 aliphatic carbocycles. The van der Waals surface area contributed by atoms with Crippen molar-refractivity contribution in [2.45, 2.75) is 38.6 Å². The summed E-state index contributed by atoms with van der Waals surface area (Å²) in [6.45, 7) is 1.62. The van der Waals surface area contributed by atoms with Gasteiger partial charge >= 0.3 is 11.9 Å². The number of benzene rings is 2. The molecule has 0 heterocycles. The van der Waals surface area contributed by atoms with E-state index < -0.39 is 17.9 Å². The second-order valence-corrected chi connectivity index (χ2v) is 7.08. The van der Waals surface area contributed by atoms with Crippen LogP contribution in [0.15, 0.2) is 54.6 Å². The van der Waals surface area contributed by atoms with Crippen LogP contribution in [0.3, 0.4) is 0 Å². The SMILES string of the molecule is COC(=O)CCC(=O)NC(Cc1ccc(-c2ccccc2)cc1)CC(C)C(=O)O. The molecule has 2 atom stereocenters. The number of carbonyl (C=O) groups excluding carboxylic acids is 2. The Bertz CT molecular complexity index is 817. The van der Waals surface area contributed by atoms with Crippen LogP contribution in [0.4, 0.5) is 0 Å². The second kappa shape index (κ2) is 11.0. The van der Waals surface area contributed by atoms with Crippen molar-refractivity contribution in [1.29, 1.82) is 0 Å². The molecule has 0 saturated carbocycles. The molecule has 2 aromatic rings. The van der Waals surface area contributed by atoms with Gasteiger partial charge in [-0.3, -0.25) is 14.4 Å². The van der Waals surface area contributed by atoms with Crippen molar-refractivity contribution in [3.63, 3.8) is 0 Å². The Labute approximate surface area is 170 Å². The Morgan fingerprint density at radius 3 is 2.17 bits per heavy atom. The smallest absolute Gasteiger partial charge is 0.306 e. The number of carbonyl (C=O) groups is 3. The van der Waals surface area contributed by atoms with Gasteiger partial charge in [0.2, 0.25) is 5.91 Å². The number of hydrogen-bond donors (Lipinski definition) is 2. The molecular formula is C23H27NO5. The normalized spacial score (nSPS) is 12.6. The van der Waals surface area contributed by atoms with E-state index >= 15 is 0 Å². The third kappa shape index (κ3) is 7.41. The molecule has 2 aromatic carbocycles. The summed E-state index contributed by atoms with van der Waals surface area (Å²) in [5.41, 5.74) is 3.21. The third-order valence-corrected chi connectivity index (χ3v) is 4.75. The van der Waals surface area contributed by atoms with Gasteiger partial charge in [0.1, 0.15) is 0 Å². The first-order chi connectivity index (χ1) is 13.9. The summed E-state index contributed by atoms with van der Waals surface area (Å²) < 4.78 is 4.55. The predicted molar refractivity (Wildman–Crippen MR) is 110 cm³/mol. The zero-order valence-electron chi connectivity index (χ0n) is 16.8. The number of rotatable bonds is 10. The minimum atomic E-state index is -0.904. The molecule has 0 saturated heterocycles. The van der Waals surface area contributed by atoms with E-state index in [1.54, 1.807) is 6.92 Å². The minimum absolute atomic E-state index is 0.00465. The molecule has 154 valence electrons. The zero-order valence-corrected chi connectivity index (χ0v) is 16.8. The quantitative estimate of drug-likeness (QED) is 0.599. The van der Waals surface area contributed by atoms with E-state index in [1.807, 2.05) is 54.6 Å². The maximum absolute atomic E-state index is 12.2. The average Bonchev–Trinajstić information content (AvgIpc) is 2.73. The van der Waals surface area contributed by atoms with Crippen LogP contribution in [0.25, 0.3) is 11.1 Å². The number of ether oxygens (including phenoxy) is 1. The lowest BCUT2D eigenvalue weighted by molar-refractivity contribution is -0.142. The van der Waals surface area contributed by atoms with E-state index in [9.17, 15) is 19.5 Å². The van der Waals surface area contributed by atoms with Crippen molar-refractivity contribution in [3.8, 4) is 11.1 Å². The lowest BCUT2D eigenvalue weighted by Crippen LogP contribution is -2.38. The molecule has 1 amide bonds. The maximum atomic E-state index is 12.2. The average molecular weight is 397 g/mol. The van der Waals surface area contributed by atoms with E-state index in [-0.39, 0.29) is 24.8 Å². The first-order valence-corrected chi connectivity index (χ1v) is 9.62. The summed E-state index contributed by atoms with van der Waals surface area (Å²) in [4.78, 5) is 34.7. The number of methoxy groups -OCH3 is 1. The molecule has 6 heteroatoms. The molecule has 29 heavy (non-hydrogen) atoms. The Kier molecular flexibility index (Phi) is 8.40. The molecule has 6 nitrogen and oxygen atoms in total. The highest BCUT2D eigenvalue weighted by Crippen LogP contribution is 2.20. The first-order valence-electron chi connectivity index (χ1n) is 9.62. The number of aliphatic carboxylic acids is 1. The van der Waals surface area contributed by atoms with Gasteiger partial charge in [-0.15, -0.1) is 0 Å². The molecule has 0 spiro atoms. The highest BCUT2D eigenvalue weighted by atomic mass is 16.5. The lowest BCUT2D eigenvalue weighted by atomic mass is 9.95. The van der Waals surface area contributed by atoms with Crippen molar-refractivity contribution in [1.82, 2.24) is 5.32 Å². The number of carboxylic acid groups (broad SMARTS) is 1. The number of esters is 1. The zero-order chi connectivity index (χ0) is 21.2. The highest BCUT2D eigenvalue weighted by Gasteiger charge is 2.21. The van der Waals surface area contributed by atoms with Crippen molar-refractivity contribution in [2.75, 3.05) is 7.11 Å². The van der Waals surface area contributed by atoms with Gasteiger partial charge in [-0.1, -0.05) is 61.5 Å². The summed E-state index contributed by atoms with van der Waals surface area (Å²) in [6, 6.07) is 17.7. The molecule has 0 bridgehead atoms. The summed E-state index contributed by atoms with van der Waals surface area (Å²) in [5.74, 6) is -2.24. The Morgan fingerprint density at radius 2 is 1.59 bits per heavy atom. The fourth-order valence-corrected chi connectivity index (χ4v) is 3.09. The van der Waals surface area contributed by atoms with Crippen LogP contribution in [-0.4, -0.2) is 36.1 Å². The van der Waals surface area contributed by atoms with Crippen LogP contribution in [0.5, 0.6) is 0 Å². The van der Waals surface area contributed by atoms with Gasteiger partial charge in [-0.2, -0.15) is 0 Å². The van der Waals surface area contributed by atoms with Crippen LogP contribution < -0.4 is 5.32 Å². The number of carboxylic acids is 1. The standard InChI is InChI=1S/C23H27NO5/c1-16(23(27)28)14-20(24-21(25)12-13-22(26)29-2)15-17-8-10-19(11-9-17)18-6-4-3-5-7-18/h3-11,16,20H,12-15H2,1-2H3,(H,24,25)(H,27,28). The molecule has 0 fully saturated rings. The Morgan fingerprint density at radius 1 is 0.966 bits per heavy atom. The van der Waals surface area contributed by atoms with Gasteiger partial charge in [0, 0.05) is 12.5 Å². The highest BCUT2D eigenvalue weighted by molar-refractivity contribution is 5.81. The summed E-state index contributed by atoms with van der Waals surface area (Å²) in [5, 5.41) is 12.1. The molecule has 0 aromatic heterocycles. The number of nitrogens with one attached hydrogen (secondary N) is 1. The molecule has 2 unspecified atom stereocenters. The van der Waals surface area contributed by atoms with Crippen LogP contribution in [0.2, 0.25) is 0 Å². The molecule has 2 rings (SSSR count). The van der Waals surface area contributed by atoms with Crippen molar-refractivity contribution < 1.29 is 24.2 Å². The molecule has 0 aliphatic rings. The van der Waals surface area contributed by atoms with E-state index in [0.29, 0.717) is 12.8 Å². The second-order valence-electron chi connectivity index (χ2n) is 7.08. The van der Waals surface area contributed by atoms with Gasteiger partial charge in [-0.05, 0) is 29.5 Å². The largest absolute Gasteiger partial charge is 0.481 e. The summed E-state index contributed by atoms with van der Waals surface area (Å²) >= 11 is 0. The Balaban J connectivity index is 2.05. The summed E-state index contributed by atoms with van der Waals surface area (Å²) in [6.07, 6.45) is 0.823. The van der Waals surface area contributed by atoms with Gasteiger partial charge in [0.25, 0.3) is 0 Å². The van der Waals surface area contributed by atoms with Crippen LogP contribution in [0.1, 0.15) is 31.7 Å². The summed E-state index contributed by atoms with van der Waals surface area (Å²) in [7, 11) is 1.27. The molecule has 0 aliphatic heterocycles. The van der Waals surface area contributed by atoms with Gasteiger partial charge < -0.3 is 15.2 Å². The minimum Gasteiger partial charge on any atom is -0.481 e. The molecule has 2 N–H and O–H groups in total. The van der Waals surface area contributed by atoms with E-state index in [0.717, 1.165) is 16.7 Å². The van der Waals surface area contributed by atoms with Crippen LogP contribution in [0, 0.1) is 5.92 Å². The fraction of sp³-hybridized carbons (Fsp3) is 0.348. The van der Waals surface area contributed by atoms with Crippen LogP contribution in [-0.2, 0) is 25.5 Å². The van der Waals surface area contributed by atoms with E-state index in [2.05, 4.69) is 10.1 Å². The van der Waals surface area contributed by atoms with E-state index in [1.165, 1.54) is 7.11 Å². The third-order valence-electron chi connectivity index (χ3n) is 4.75. The molecule has 0 radical (unpaired) electrons. The number of hydrogen-bond acceptors (Lipinski definition) is 4. The van der Waals surface area contributed by atoms with Crippen molar-refractivity contribution in [2.24, 2.45) is 5.92 Å². The fourth-order valence-electron chi connectivity index (χ4n) is 3.09. The van der Waals surface area contributed by atoms with Crippen molar-refractivity contribution >= 4 is 17.8 Å². The van der Waals surface area contributed by atoms with Gasteiger partial charge in [0.05, 0.1) is 19.4 Å². The van der Waals surface area contributed by atoms with E-state index in [4.69, 9.17) is 0 Å². The molecular weight excluding hydrogens is 370 g/mol. The lowest BCUT2D eigenvalue weighted by Gasteiger charge is -2.21. The van der Waals surface area contributed by atoms with Crippen molar-refractivity contribution in [3.05, 3.63) is 60.2 Å². The number of amides is 1. The van der Waals surface area contributed by atoms with Gasteiger partial charge in [-0.25, -0.2) is 0 Å². The first kappa shape index (κ1) is 22.1.